The van der Waals surface area contributed by atoms with Crippen molar-refractivity contribution < 1.29 is 28.2 Å². The molecule has 2 unspecified atom stereocenters. The number of rotatable bonds is 6. The topological polar surface area (TPSA) is 85.8 Å². The summed E-state index contributed by atoms with van der Waals surface area (Å²) >= 11 is 1.08. The number of ketones is 2. The van der Waals surface area contributed by atoms with E-state index >= 15 is 0 Å². The summed E-state index contributed by atoms with van der Waals surface area (Å²) in [6.45, 7) is 0. The molecule has 9 heteroatoms. The summed E-state index contributed by atoms with van der Waals surface area (Å²) in [5.41, 5.74) is 1.34. The van der Waals surface area contributed by atoms with Crippen LogP contribution in [-0.4, -0.2) is 36.7 Å². The summed E-state index contributed by atoms with van der Waals surface area (Å²) in [6.07, 6.45) is 0. The lowest BCUT2D eigenvalue weighted by molar-refractivity contribution is -0.135. The van der Waals surface area contributed by atoms with Crippen molar-refractivity contribution >= 4 is 44.2 Å². The molecule has 0 N–H and O–H groups in total. The molecule has 0 bridgehead atoms. The van der Waals surface area contributed by atoms with E-state index in [1.807, 2.05) is 0 Å². The molecule has 0 spiro atoms. The summed E-state index contributed by atoms with van der Waals surface area (Å²) in [7, 11) is 3.04. The summed E-state index contributed by atoms with van der Waals surface area (Å²) in [5, 5.41) is 0.217. The molecule has 7 nitrogen and oxygen atoms in total. The van der Waals surface area contributed by atoms with Crippen molar-refractivity contribution in [1.82, 2.24) is 4.98 Å². The van der Waals surface area contributed by atoms with Gasteiger partial charge in [-0.05, 0) is 60.2 Å². The van der Waals surface area contributed by atoms with Gasteiger partial charge >= 0.3 is 0 Å². The van der Waals surface area contributed by atoms with Crippen LogP contribution in [0.5, 0.6) is 11.5 Å². The average molecular weight is 491 g/mol. The van der Waals surface area contributed by atoms with E-state index in [-0.39, 0.29) is 10.7 Å². The zero-order valence-corrected chi connectivity index (χ0v) is 19.5. The lowest BCUT2D eigenvalue weighted by Gasteiger charge is -2.25. The van der Waals surface area contributed by atoms with Crippen LogP contribution < -0.4 is 14.4 Å². The minimum absolute atomic E-state index is 0.217. The van der Waals surface area contributed by atoms with Crippen LogP contribution in [0.25, 0.3) is 10.2 Å². The maximum Gasteiger partial charge on any atom is 0.297 e. The van der Waals surface area contributed by atoms with E-state index in [0.717, 1.165) is 11.3 Å². The van der Waals surface area contributed by atoms with Gasteiger partial charge in [-0.3, -0.25) is 19.3 Å². The van der Waals surface area contributed by atoms with Gasteiger partial charge in [0.2, 0.25) is 5.78 Å². The Morgan fingerprint density at radius 2 is 1.57 bits per heavy atom. The molecule has 1 amide bonds. The van der Waals surface area contributed by atoms with E-state index in [1.165, 1.54) is 37.3 Å². The Balaban J connectivity index is 1.63. The van der Waals surface area contributed by atoms with Crippen LogP contribution >= 0.6 is 11.3 Å². The molecule has 2 atom stereocenters. The van der Waals surface area contributed by atoms with Gasteiger partial charge in [-0.25, -0.2) is 9.37 Å². The standard InChI is InChI=1S/C26H19FN2O5S/c1-33-17-8-3-14(4-9-17)22-21(23(30)15-5-10-18(34-2)11-6-15)24(31)25(32)29(22)26-28-19-12-7-16(27)13-20(19)35-26/h3-13,21-22H,1-2H3. The summed E-state index contributed by atoms with van der Waals surface area (Å²) < 4.78 is 24.7. The minimum Gasteiger partial charge on any atom is -0.497 e. The molecule has 5 rings (SSSR count). The third kappa shape index (κ3) is 3.93. The van der Waals surface area contributed by atoms with Crippen molar-refractivity contribution in [3.63, 3.8) is 0 Å². The third-order valence-corrected chi connectivity index (χ3v) is 6.98. The fourth-order valence-electron chi connectivity index (χ4n) is 4.21. The molecule has 0 aliphatic carbocycles. The molecule has 1 aliphatic rings. The zero-order chi connectivity index (χ0) is 24.7. The van der Waals surface area contributed by atoms with Gasteiger partial charge in [0.05, 0.1) is 30.5 Å². The second kappa shape index (κ2) is 8.92. The first kappa shape index (κ1) is 22.7. The lowest BCUT2D eigenvalue weighted by atomic mass is 9.86. The molecular formula is C26H19FN2O5S. The van der Waals surface area contributed by atoms with E-state index in [0.29, 0.717) is 27.3 Å². The normalized spacial score (nSPS) is 17.7. The van der Waals surface area contributed by atoms with E-state index < -0.39 is 35.3 Å². The van der Waals surface area contributed by atoms with Crippen molar-refractivity contribution in [3.8, 4) is 11.5 Å². The largest absolute Gasteiger partial charge is 0.497 e. The molecule has 35 heavy (non-hydrogen) atoms. The number of anilines is 1. The molecule has 3 aromatic carbocycles. The zero-order valence-electron chi connectivity index (χ0n) is 18.7. The molecular weight excluding hydrogens is 471 g/mol. The van der Waals surface area contributed by atoms with Crippen molar-refractivity contribution in [2.75, 3.05) is 19.1 Å². The van der Waals surface area contributed by atoms with Crippen molar-refractivity contribution in [2.45, 2.75) is 6.04 Å². The van der Waals surface area contributed by atoms with Crippen molar-refractivity contribution in [3.05, 3.63) is 83.7 Å². The second-order valence-corrected chi connectivity index (χ2v) is 8.95. The smallest absolute Gasteiger partial charge is 0.297 e. The first-order valence-corrected chi connectivity index (χ1v) is 11.5. The van der Waals surface area contributed by atoms with Crippen LogP contribution in [0.4, 0.5) is 9.52 Å². The number of amides is 1. The Morgan fingerprint density at radius 3 is 2.20 bits per heavy atom. The number of carbonyl (C=O) groups excluding carboxylic acids is 3. The Bertz CT molecular complexity index is 1450. The van der Waals surface area contributed by atoms with Gasteiger partial charge in [-0.15, -0.1) is 0 Å². The van der Waals surface area contributed by atoms with E-state index in [1.54, 1.807) is 48.5 Å². The quantitative estimate of drug-likeness (QED) is 0.223. The number of carbonyl (C=O) groups is 3. The average Bonchev–Trinajstić information content (AvgIpc) is 3.41. The second-order valence-electron chi connectivity index (χ2n) is 7.94. The number of hydrogen-bond acceptors (Lipinski definition) is 7. The fourth-order valence-corrected chi connectivity index (χ4v) is 5.23. The number of benzene rings is 3. The number of methoxy groups -OCH3 is 2. The first-order chi connectivity index (χ1) is 16.9. The summed E-state index contributed by atoms with van der Waals surface area (Å²) in [6, 6.07) is 16.4. The van der Waals surface area contributed by atoms with Crippen LogP contribution in [0.3, 0.4) is 0 Å². The highest BCUT2D eigenvalue weighted by atomic mass is 32.1. The highest BCUT2D eigenvalue weighted by Gasteiger charge is 2.53. The summed E-state index contributed by atoms with van der Waals surface area (Å²) in [5.74, 6) is -2.71. The predicted octanol–water partition coefficient (Wildman–Crippen LogP) is 4.61. The monoisotopic (exact) mass is 490 g/mol. The van der Waals surface area contributed by atoms with E-state index in [2.05, 4.69) is 4.98 Å². The fraction of sp³-hybridized carbons (Fsp3) is 0.154. The van der Waals surface area contributed by atoms with Crippen LogP contribution in [0, 0.1) is 11.7 Å². The van der Waals surface area contributed by atoms with E-state index in [4.69, 9.17) is 9.47 Å². The molecule has 0 radical (unpaired) electrons. The van der Waals surface area contributed by atoms with E-state index in [9.17, 15) is 18.8 Å². The molecule has 2 heterocycles. The van der Waals surface area contributed by atoms with Gasteiger partial charge in [-0.2, -0.15) is 0 Å². The van der Waals surface area contributed by atoms with Crippen molar-refractivity contribution in [2.24, 2.45) is 5.92 Å². The van der Waals surface area contributed by atoms with Crippen LogP contribution in [-0.2, 0) is 9.59 Å². The number of Topliss-reactive ketones (excluding diaryl/α,β-unsaturated/α-hetero) is 2. The molecule has 4 aromatic rings. The number of nitrogens with zero attached hydrogens (tertiary/aromatic N) is 2. The number of fused-ring (bicyclic) bond motifs is 1. The molecule has 1 aromatic heterocycles. The van der Waals surface area contributed by atoms with Crippen molar-refractivity contribution in [1.29, 1.82) is 0 Å². The Kier molecular flexibility index (Phi) is 5.78. The molecule has 1 aliphatic heterocycles. The highest BCUT2D eigenvalue weighted by Crippen LogP contribution is 2.44. The molecule has 1 saturated heterocycles. The Labute approximate surface area is 203 Å². The number of halogens is 1. The number of ether oxygens (including phenoxy) is 2. The minimum atomic E-state index is -1.28. The number of hydrogen-bond donors (Lipinski definition) is 0. The van der Waals surface area contributed by atoms with Crippen LogP contribution in [0.15, 0.2) is 66.7 Å². The number of aromatic nitrogens is 1. The summed E-state index contributed by atoms with van der Waals surface area (Å²) in [4.78, 5) is 45.8. The Morgan fingerprint density at radius 1 is 0.943 bits per heavy atom. The van der Waals surface area contributed by atoms with Gasteiger partial charge in [0, 0.05) is 5.56 Å². The predicted molar refractivity (Wildman–Crippen MR) is 129 cm³/mol. The molecule has 0 saturated carbocycles. The Hall–Kier alpha value is -4.11. The lowest BCUT2D eigenvalue weighted by Crippen LogP contribution is -2.30. The molecule has 1 fully saturated rings. The van der Waals surface area contributed by atoms with Gasteiger partial charge in [-0.1, -0.05) is 23.5 Å². The van der Waals surface area contributed by atoms with Crippen LogP contribution in [0.1, 0.15) is 22.0 Å². The molecule has 176 valence electrons. The maximum atomic E-state index is 13.8. The third-order valence-electron chi connectivity index (χ3n) is 5.97. The van der Waals surface area contributed by atoms with Gasteiger partial charge in [0.1, 0.15) is 23.2 Å². The maximum absolute atomic E-state index is 13.8. The van der Waals surface area contributed by atoms with Gasteiger partial charge in [0.25, 0.3) is 5.91 Å². The number of thiazole rings is 1. The van der Waals surface area contributed by atoms with Gasteiger partial charge < -0.3 is 9.47 Å². The highest BCUT2D eigenvalue weighted by molar-refractivity contribution is 7.22. The van der Waals surface area contributed by atoms with Crippen LogP contribution in [0.2, 0.25) is 0 Å². The van der Waals surface area contributed by atoms with Gasteiger partial charge in [0.15, 0.2) is 10.9 Å². The first-order valence-electron chi connectivity index (χ1n) is 10.7. The SMILES string of the molecule is COc1ccc(C(=O)C2C(=O)C(=O)N(c3nc4ccc(F)cc4s3)C2c2ccc(OC)cc2)cc1.